The molecule has 1 aromatic heterocycles. The first-order chi connectivity index (χ1) is 13.1. The molecule has 2 heterocycles. The number of ether oxygens (including phenoxy) is 1. The van der Waals surface area contributed by atoms with Gasteiger partial charge in [-0.2, -0.15) is 0 Å². The second kappa shape index (κ2) is 8.03. The van der Waals surface area contributed by atoms with E-state index in [1.807, 2.05) is 31.2 Å². The minimum atomic E-state index is -0.499. The minimum Gasteiger partial charge on any atom is -0.491 e. The van der Waals surface area contributed by atoms with Gasteiger partial charge < -0.3 is 14.4 Å². The van der Waals surface area contributed by atoms with Crippen molar-refractivity contribution in [3.63, 3.8) is 0 Å². The van der Waals surface area contributed by atoms with Crippen LogP contribution in [0.5, 0.6) is 5.75 Å². The van der Waals surface area contributed by atoms with Crippen LogP contribution in [0.2, 0.25) is 0 Å². The topological polar surface area (TPSA) is 50.5 Å². The van der Waals surface area contributed by atoms with Crippen molar-refractivity contribution in [3.8, 4) is 5.75 Å². The summed E-state index contributed by atoms with van der Waals surface area (Å²) in [6, 6.07) is 8.29. The van der Waals surface area contributed by atoms with Gasteiger partial charge >= 0.3 is 0 Å². The molecule has 0 unspecified atom stereocenters. The maximum absolute atomic E-state index is 10.5. The number of benzene rings is 1. The monoisotopic (exact) mass is 369 g/mol. The van der Waals surface area contributed by atoms with Crippen LogP contribution in [0.4, 0.5) is 0 Å². The Balaban J connectivity index is 1.39. The first kappa shape index (κ1) is 18.5. The number of likely N-dealkylation sites (tertiary alicyclic amines) is 1. The Morgan fingerprint density at radius 2 is 2.11 bits per heavy atom. The molecule has 1 fully saturated rings. The predicted octanol–water partition coefficient (Wildman–Crippen LogP) is 3.18. The first-order valence-electron chi connectivity index (χ1n) is 10.3. The second-order valence-electron chi connectivity index (χ2n) is 8.06. The maximum atomic E-state index is 10.5. The van der Waals surface area contributed by atoms with Gasteiger partial charge in [-0.25, -0.2) is 4.98 Å². The van der Waals surface area contributed by atoms with Gasteiger partial charge in [-0.05, 0) is 69.7 Å². The van der Waals surface area contributed by atoms with E-state index in [1.165, 1.54) is 35.6 Å². The number of aryl methyl sites for hydroxylation is 2. The van der Waals surface area contributed by atoms with Crippen molar-refractivity contribution in [2.45, 2.75) is 57.6 Å². The zero-order chi connectivity index (χ0) is 18.8. The van der Waals surface area contributed by atoms with Crippen molar-refractivity contribution >= 4 is 0 Å². The van der Waals surface area contributed by atoms with Crippen LogP contribution in [-0.4, -0.2) is 45.4 Å². The molecule has 2 aliphatic rings. The molecule has 0 bridgehead atoms. The number of hydrogen-bond acceptors (Lipinski definition) is 4. The van der Waals surface area contributed by atoms with Crippen LogP contribution >= 0.6 is 0 Å². The molecule has 0 spiro atoms. The van der Waals surface area contributed by atoms with Gasteiger partial charge in [0.05, 0.1) is 11.7 Å². The summed E-state index contributed by atoms with van der Waals surface area (Å²) in [5.41, 5.74) is 3.89. The van der Waals surface area contributed by atoms with Gasteiger partial charge in [-0.1, -0.05) is 12.1 Å². The molecule has 146 valence electrons. The number of imidazole rings is 1. The molecule has 1 aliphatic heterocycles. The van der Waals surface area contributed by atoms with Crippen molar-refractivity contribution in [2.24, 2.45) is 7.05 Å². The molecular weight excluding hydrogens is 338 g/mol. The molecule has 1 aromatic carbocycles. The Hall–Kier alpha value is -1.85. The Morgan fingerprint density at radius 3 is 2.93 bits per heavy atom. The van der Waals surface area contributed by atoms with E-state index in [0.29, 0.717) is 19.2 Å². The second-order valence-corrected chi connectivity index (χ2v) is 8.06. The highest BCUT2D eigenvalue weighted by Crippen LogP contribution is 2.33. The van der Waals surface area contributed by atoms with Crippen molar-refractivity contribution < 1.29 is 9.84 Å². The molecule has 4 rings (SSSR count). The number of aliphatic hydroxyl groups excluding tert-OH is 1. The average molecular weight is 370 g/mol. The molecule has 1 N–H and O–H groups in total. The van der Waals surface area contributed by atoms with Crippen LogP contribution in [0, 0.1) is 6.92 Å². The number of β-amino-alcohol motifs (C(OH)–C–C–N with tert-alkyl or cyclic N) is 1. The van der Waals surface area contributed by atoms with Crippen molar-refractivity contribution in [2.75, 3.05) is 19.7 Å². The number of rotatable bonds is 6. The lowest BCUT2D eigenvalue weighted by molar-refractivity contribution is 0.0623. The van der Waals surface area contributed by atoms with E-state index >= 15 is 0 Å². The third-order valence-corrected chi connectivity index (χ3v) is 5.95. The third-order valence-electron chi connectivity index (χ3n) is 5.95. The van der Waals surface area contributed by atoms with E-state index in [4.69, 9.17) is 9.72 Å². The summed E-state index contributed by atoms with van der Waals surface area (Å²) in [5.74, 6) is 2.01. The van der Waals surface area contributed by atoms with Gasteiger partial charge in [-0.15, -0.1) is 0 Å². The van der Waals surface area contributed by atoms with Crippen molar-refractivity contribution in [1.29, 1.82) is 0 Å². The number of hydrogen-bond donors (Lipinski definition) is 1. The van der Waals surface area contributed by atoms with Gasteiger partial charge in [0.2, 0.25) is 0 Å². The summed E-state index contributed by atoms with van der Waals surface area (Å²) in [5, 5.41) is 10.5. The van der Waals surface area contributed by atoms with Gasteiger partial charge in [0.25, 0.3) is 0 Å². The predicted molar refractivity (Wildman–Crippen MR) is 106 cm³/mol. The largest absolute Gasteiger partial charge is 0.491 e. The van der Waals surface area contributed by atoms with E-state index in [9.17, 15) is 5.11 Å². The SMILES string of the molecule is Cc1cccc(OC[C@@H](O)CN2CCC[C@H]2c2nc3c(n2C)CCCC3)c1. The summed E-state index contributed by atoms with van der Waals surface area (Å²) < 4.78 is 8.12. The van der Waals surface area contributed by atoms with E-state index < -0.39 is 6.10 Å². The summed E-state index contributed by atoms with van der Waals surface area (Å²) in [6.07, 6.45) is 6.58. The Labute approximate surface area is 162 Å². The minimum absolute atomic E-state index is 0.314. The lowest BCUT2D eigenvalue weighted by atomic mass is 10.0. The zero-order valence-corrected chi connectivity index (χ0v) is 16.5. The quantitative estimate of drug-likeness (QED) is 0.850. The normalized spacial score (nSPS) is 21.2. The Morgan fingerprint density at radius 1 is 1.26 bits per heavy atom. The van der Waals surface area contributed by atoms with E-state index in [-0.39, 0.29) is 0 Å². The number of nitrogens with zero attached hydrogens (tertiary/aromatic N) is 3. The number of fused-ring (bicyclic) bond motifs is 1. The Kier molecular flexibility index (Phi) is 5.50. The molecule has 1 aliphatic carbocycles. The molecule has 1 saturated heterocycles. The fourth-order valence-corrected chi connectivity index (χ4v) is 4.56. The molecule has 5 heteroatoms. The number of aromatic nitrogens is 2. The highest BCUT2D eigenvalue weighted by molar-refractivity contribution is 5.27. The standard InChI is InChI=1S/C22H31N3O2/c1-16-7-5-8-18(13-16)27-15-17(26)14-25-12-6-11-21(25)22-23-19-9-3-4-10-20(19)24(22)2/h5,7-8,13,17,21,26H,3-4,6,9-12,14-15H2,1-2H3/t17-,21-/m0/s1. The highest BCUT2D eigenvalue weighted by Gasteiger charge is 2.32. The van der Waals surface area contributed by atoms with Crippen LogP contribution in [0.25, 0.3) is 0 Å². The highest BCUT2D eigenvalue weighted by atomic mass is 16.5. The lowest BCUT2D eigenvalue weighted by Gasteiger charge is -2.26. The van der Waals surface area contributed by atoms with Crippen LogP contribution in [0.15, 0.2) is 24.3 Å². The molecule has 27 heavy (non-hydrogen) atoms. The molecule has 0 radical (unpaired) electrons. The first-order valence-corrected chi connectivity index (χ1v) is 10.3. The summed E-state index contributed by atoms with van der Waals surface area (Å²) in [4.78, 5) is 7.39. The maximum Gasteiger partial charge on any atom is 0.126 e. The number of aliphatic hydroxyl groups is 1. The van der Waals surface area contributed by atoms with Crippen molar-refractivity contribution in [1.82, 2.24) is 14.5 Å². The van der Waals surface area contributed by atoms with Crippen LogP contribution in [0.1, 0.15) is 54.5 Å². The van der Waals surface area contributed by atoms with Crippen molar-refractivity contribution in [3.05, 3.63) is 47.0 Å². The molecular formula is C22H31N3O2. The van der Waals surface area contributed by atoms with E-state index in [2.05, 4.69) is 16.5 Å². The van der Waals surface area contributed by atoms with Crippen LogP contribution in [-0.2, 0) is 19.9 Å². The van der Waals surface area contributed by atoms with Gasteiger partial charge in [0.1, 0.15) is 24.3 Å². The molecule has 0 saturated carbocycles. The van der Waals surface area contributed by atoms with Crippen LogP contribution < -0.4 is 4.74 Å². The third kappa shape index (κ3) is 4.04. The fourth-order valence-electron chi connectivity index (χ4n) is 4.56. The Bertz CT molecular complexity index is 786. The summed E-state index contributed by atoms with van der Waals surface area (Å²) >= 11 is 0. The molecule has 2 aromatic rings. The summed E-state index contributed by atoms with van der Waals surface area (Å²) in [7, 11) is 2.17. The average Bonchev–Trinajstić information content (AvgIpc) is 3.24. The smallest absolute Gasteiger partial charge is 0.126 e. The van der Waals surface area contributed by atoms with Crippen LogP contribution in [0.3, 0.4) is 0 Å². The zero-order valence-electron chi connectivity index (χ0n) is 16.5. The molecule has 0 amide bonds. The van der Waals surface area contributed by atoms with Gasteiger partial charge in [0.15, 0.2) is 0 Å². The fraction of sp³-hybridized carbons (Fsp3) is 0.591. The van der Waals surface area contributed by atoms with Gasteiger partial charge in [0, 0.05) is 19.3 Å². The van der Waals surface area contributed by atoms with E-state index in [1.54, 1.807) is 0 Å². The lowest BCUT2D eigenvalue weighted by Crippen LogP contribution is -2.36. The van der Waals surface area contributed by atoms with E-state index in [0.717, 1.165) is 38.0 Å². The molecule has 2 atom stereocenters. The summed E-state index contributed by atoms with van der Waals surface area (Å²) in [6.45, 7) is 4.02. The molecule has 5 nitrogen and oxygen atoms in total. The van der Waals surface area contributed by atoms with Gasteiger partial charge in [-0.3, -0.25) is 4.90 Å².